The lowest BCUT2D eigenvalue weighted by molar-refractivity contribution is -0.139. The highest BCUT2D eigenvalue weighted by Gasteiger charge is 2.27. The van der Waals surface area contributed by atoms with Crippen LogP contribution in [0.5, 0.6) is 0 Å². The highest BCUT2D eigenvalue weighted by Crippen LogP contribution is 2.17. The van der Waals surface area contributed by atoms with Crippen LogP contribution in [-0.4, -0.2) is 59.1 Å². The van der Waals surface area contributed by atoms with Crippen LogP contribution < -0.4 is 16.6 Å². The Hall–Kier alpha value is -2.42. The zero-order chi connectivity index (χ0) is 19.1. The fourth-order valence-corrected chi connectivity index (χ4v) is 2.93. The van der Waals surface area contributed by atoms with E-state index in [1.54, 1.807) is 4.90 Å². The Balaban J connectivity index is 1.76. The van der Waals surface area contributed by atoms with E-state index in [-0.39, 0.29) is 29.9 Å². The SMILES string of the molecule is CCOCC(=O)N1CCC(C(=O)NCCc2c[nH]c(=O)n(C)c2=O)CC1. The molecule has 9 heteroatoms. The summed E-state index contributed by atoms with van der Waals surface area (Å²) in [7, 11) is 1.41. The van der Waals surface area contributed by atoms with Crippen LogP contribution in [0.2, 0.25) is 0 Å². The van der Waals surface area contributed by atoms with Crippen molar-refractivity contribution in [2.24, 2.45) is 13.0 Å². The molecule has 0 aliphatic carbocycles. The van der Waals surface area contributed by atoms with Gasteiger partial charge in [0, 0.05) is 51.0 Å². The Morgan fingerprint density at radius 1 is 1.31 bits per heavy atom. The first-order valence-electron chi connectivity index (χ1n) is 8.84. The number of carbonyl (C=O) groups excluding carboxylic acids is 2. The third-order valence-corrected chi connectivity index (χ3v) is 4.60. The molecule has 1 fully saturated rings. The molecule has 0 saturated carbocycles. The van der Waals surface area contributed by atoms with Crippen LogP contribution >= 0.6 is 0 Å². The second-order valence-corrected chi connectivity index (χ2v) is 6.32. The van der Waals surface area contributed by atoms with Gasteiger partial charge in [0.2, 0.25) is 11.8 Å². The number of piperidine rings is 1. The molecular weight excluding hydrogens is 340 g/mol. The number of hydrogen-bond donors (Lipinski definition) is 2. The molecule has 0 radical (unpaired) electrons. The molecule has 1 aromatic heterocycles. The van der Waals surface area contributed by atoms with E-state index in [4.69, 9.17) is 4.74 Å². The molecule has 0 bridgehead atoms. The van der Waals surface area contributed by atoms with E-state index in [0.717, 1.165) is 4.57 Å². The van der Waals surface area contributed by atoms with Crippen molar-refractivity contribution in [1.29, 1.82) is 0 Å². The number of H-pyrrole nitrogens is 1. The van der Waals surface area contributed by atoms with E-state index in [1.807, 2.05) is 6.92 Å². The molecule has 1 aromatic rings. The monoisotopic (exact) mass is 366 g/mol. The molecule has 2 rings (SSSR count). The molecule has 0 aromatic carbocycles. The summed E-state index contributed by atoms with van der Waals surface area (Å²) >= 11 is 0. The average Bonchev–Trinajstić information content (AvgIpc) is 2.66. The van der Waals surface area contributed by atoms with Crippen LogP contribution in [0.15, 0.2) is 15.8 Å². The highest BCUT2D eigenvalue weighted by atomic mass is 16.5. The van der Waals surface area contributed by atoms with Crippen LogP contribution in [0.1, 0.15) is 25.3 Å². The van der Waals surface area contributed by atoms with E-state index in [2.05, 4.69) is 10.3 Å². The van der Waals surface area contributed by atoms with Gasteiger partial charge in [-0.2, -0.15) is 0 Å². The number of rotatable bonds is 7. The van der Waals surface area contributed by atoms with E-state index in [1.165, 1.54) is 13.2 Å². The number of likely N-dealkylation sites (tertiary alicyclic amines) is 1. The molecular formula is C17H26N4O5. The third kappa shape index (κ3) is 5.04. The summed E-state index contributed by atoms with van der Waals surface area (Å²) in [6.07, 6.45) is 2.97. The summed E-state index contributed by atoms with van der Waals surface area (Å²) in [4.78, 5) is 51.6. The standard InChI is InChI=1S/C17H26N4O5/c1-3-26-11-14(22)21-8-5-12(6-9-21)15(23)18-7-4-13-10-19-17(25)20(2)16(13)24/h10,12H,3-9,11H2,1-2H3,(H,18,23)(H,19,25). The fourth-order valence-electron chi connectivity index (χ4n) is 2.93. The van der Waals surface area contributed by atoms with Crippen molar-refractivity contribution in [1.82, 2.24) is 19.8 Å². The van der Waals surface area contributed by atoms with E-state index >= 15 is 0 Å². The molecule has 1 saturated heterocycles. The first-order valence-corrected chi connectivity index (χ1v) is 8.84. The molecule has 26 heavy (non-hydrogen) atoms. The van der Waals surface area contributed by atoms with Gasteiger partial charge in [-0.3, -0.25) is 19.0 Å². The molecule has 9 nitrogen and oxygen atoms in total. The van der Waals surface area contributed by atoms with Gasteiger partial charge in [-0.25, -0.2) is 4.79 Å². The van der Waals surface area contributed by atoms with Gasteiger partial charge in [0.1, 0.15) is 6.61 Å². The van der Waals surface area contributed by atoms with Crippen molar-refractivity contribution >= 4 is 11.8 Å². The van der Waals surface area contributed by atoms with Crippen molar-refractivity contribution < 1.29 is 14.3 Å². The van der Waals surface area contributed by atoms with Gasteiger partial charge < -0.3 is 19.9 Å². The first kappa shape index (κ1) is 19.9. The fraction of sp³-hybridized carbons (Fsp3) is 0.647. The van der Waals surface area contributed by atoms with Crippen molar-refractivity contribution in [2.75, 3.05) is 32.8 Å². The molecule has 0 unspecified atom stereocenters. The zero-order valence-electron chi connectivity index (χ0n) is 15.2. The summed E-state index contributed by atoms with van der Waals surface area (Å²) in [6, 6.07) is 0. The minimum absolute atomic E-state index is 0.0420. The lowest BCUT2D eigenvalue weighted by atomic mass is 9.96. The number of aromatic nitrogens is 2. The smallest absolute Gasteiger partial charge is 0.328 e. The van der Waals surface area contributed by atoms with Gasteiger partial charge >= 0.3 is 5.69 Å². The van der Waals surface area contributed by atoms with Crippen molar-refractivity contribution in [3.63, 3.8) is 0 Å². The van der Waals surface area contributed by atoms with Crippen molar-refractivity contribution in [3.8, 4) is 0 Å². The largest absolute Gasteiger partial charge is 0.372 e. The minimum atomic E-state index is -0.464. The zero-order valence-corrected chi connectivity index (χ0v) is 15.2. The molecule has 2 N–H and O–H groups in total. The van der Waals surface area contributed by atoms with Crippen molar-refractivity contribution in [3.05, 3.63) is 32.6 Å². The summed E-state index contributed by atoms with van der Waals surface area (Å²) in [5.41, 5.74) is -0.374. The van der Waals surface area contributed by atoms with Crippen molar-refractivity contribution in [2.45, 2.75) is 26.2 Å². The Morgan fingerprint density at radius 2 is 2.00 bits per heavy atom. The van der Waals surface area contributed by atoms with Gasteiger partial charge in [0.05, 0.1) is 0 Å². The quantitative estimate of drug-likeness (QED) is 0.643. The Morgan fingerprint density at radius 3 is 2.65 bits per heavy atom. The predicted molar refractivity (Wildman–Crippen MR) is 94.8 cm³/mol. The van der Waals surface area contributed by atoms with E-state index in [0.29, 0.717) is 51.1 Å². The number of aromatic amines is 1. The Kier molecular flexibility index (Phi) is 7.14. The number of ether oxygens (including phenoxy) is 1. The van der Waals surface area contributed by atoms with Gasteiger partial charge in [-0.15, -0.1) is 0 Å². The van der Waals surface area contributed by atoms with Gasteiger partial charge in [-0.1, -0.05) is 0 Å². The first-order chi connectivity index (χ1) is 12.4. The Bertz CT molecular complexity index is 746. The molecule has 2 heterocycles. The summed E-state index contributed by atoms with van der Waals surface area (Å²) in [6.45, 7) is 3.84. The molecule has 0 spiro atoms. The molecule has 1 aliphatic heterocycles. The maximum Gasteiger partial charge on any atom is 0.328 e. The summed E-state index contributed by atoms with van der Waals surface area (Å²) < 4.78 is 6.13. The highest BCUT2D eigenvalue weighted by molar-refractivity contribution is 5.80. The number of nitrogens with zero attached hydrogens (tertiary/aromatic N) is 2. The molecule has 0 atom stereocenters. The van der Waals surface area contributed by atoms with Crippen LogP contribution in [0.3, 0.4) is 0 Å². The number of amides is 2. The average molecular weight is 366 g/mol. The number of hydrogen-bond acceptors (Lipinski definition) is 5. The van der Waals surface area contributed by atoms with Crippen LogP contribution in [0, 0.1) is 5.92 Å². The third-order valence-electron chi connectivity index (χ3n) is 4.60. The maximum atomic E-state index is 12.3. The number of nitrogens with one attached hydrogen (secondary N) is 2. The second-order valence-electron chi connectivity index (χ2n) is 6.32. The maximum absolute atomic E-state index is 12.3. The molecule has 1 aliphatic rings. The lowest BCUT2D eigenvalue weighted by Crippen LogP contribution is -2.44. The second kappa shape index (κ2) is 9.33. The predicted octanol–water partition coefficient (Wildman–Crippen LogP) is -0.993. The minimum Gasteiger partial charge on any atom is -0.372 e. The molecule has 2 amide bonds. The van der Waals surface area contributed by atoms with Crippen LogP contribution in [-0.2, 0) is 27.8 Å². The Labute approximate surface area is 151 Å². The number of carbonyl (C=O) groups is 2. The summed E-state index contributed by atoms with van der Waals surface area (Å²) in [5, 5.41) is 2.83. The van der Waals surface area contributed by atoms with Gasteiger partial charge in [0.15, 0.2) is 0 Å². The topological polar surface area (TPSA) is 114 Å². The van der Waals surface area contributed by atoms with E-state index in [9.17, 15) is 19.2 Å². The normalized spacial score (nSPS) is 15.1. The molecule has 144 valence electrons. The van der Waals surface area contributed by atoms with Gasteiger partial charge in [0.25, 0.3) is 5.56 Å². The van der Waals surface area contributed by atoms with Gasteiger partial charge in [-0.05, 0) is 26.2 Å². The van der Waals surface area contributed by atoms with Crippen LogP contribution in [0.4, 0.5) is 0 Å². The summed E-state index contributed by atoms with van der Waals surface area (Å²) in [5.74, 6) is -0.243. The van der Waals surface area contributed by atoms with E-state index < -0.39 is 5.69 Å². The lowest BCUT2D eigenvalue weighted by Gasteiger charge is -2.31. The van der Waals surface area contributed by atoms with Crippen LogP contribution in [0.25, 0.3) is 0 Å².